The van der Waals surface area contributed by atoms with Gasteiger partial charge in [0.15, 0.2) is 5.82 Å². The van der Waals surface area contributed by atoms with Crippen LogP contribution in [0, 0.1) is 0 Å². The van der Waals surface area contributed by atoms with Crippen molar-refractivity contribution in [3.63, 3.8) is 0 Å². The van der Waals surface area contributed by atoms with E-state index in [9.17, 15) is 0 Å². The standard InChI is InChI=1S/C14H17ClN6/c15-12-4-1-9(7-13(12)16)14-17-18-19-21(14)11-5-6-20(8-11)10-2-3-10/h1,4,7,10-11H,2-3,5-6,8,16H2. The fourth-order valence-corrected chi connectivity index (χ4v) is 3.17. The van der Waals surface area contributed by atoms with Crippen LogP contribution in [0.4, 0.5) is 5.69 Å². The minimum atomic E-state index is 0.340. The number of anilines is 1. The highest BCUT2D eigenvalue weighted by Crippen LogP contribution is 2.34. The highest BCUT2D eigenvalue weighted by molar-refractivity contribution is 6.33. The fourth-order valence-electron chi connectivity index (χ4n) is 3.05. The Labute approximate surface area is 127 Å². The zero-order chi connectivity index (χ0) is 14.4. The largest absolute Gasteiger partial charge is 0.398 e. The van der Waals surface area contributed by atoms with E-state index in [0.29, 0.717) is 16.8 Å². The van der Waals surface area contributed by atoms with Crippen molar-refractivity contribution in [2.45, 2.75) is 31.3 Å². The summed E-state index contributed by atoms with van der Waals surface area (Å²) in [5.74, 6) is 0.765. The first-order valence-electron chi connectivity index (χ1n) is 7.29. The molecule has 0 bridgehead atoms. The molecule has 2 fully saturated rings. The summed E-state index contributed by atoms with van der Waals surface area (Å²) in [7, 11) is 0. The molecular weight excluding hydrogens is 288 g/mol. The second-order valence-electron chi connectivity index (χ2n) is 5.85. The van der Waals surface area contributed by atoms with Crippen LogP contribution in [-0.4, -0.2) is 44.2 Å². The highest BCUT2D eigenvalue weighted by Gasteiger charge is 2.36. The maximum Gasteiger partial charge on any atom is 0.182 e. The summed E-state index contributed by atoms with van der Waals surface area (Å²) in [4.78, 5) is 2.55. The molecule has 7 heteroatoms. The number of benzene rings is 1. The van der Waals surface area contributed by atoms with Gasteiger partial charge in [-0.15, -0.1) is 5.10 Å². The van der Waals surface area contributed by atoms with Crippen LogP contribution in [0.25, 0.3) is 11.4 Å². The van der Waals surface area contributed by atoms with Crippen LogP contribution in [0.15, 0.2) is 18.2 Å². The van der Waals surface area contributed by atoms with Crippen LogP contribution in [0.3, 0.4) is 0 Å². The van der Waals surface area contributed by atoms with Crippen molar-refractivity contribution in [3.8, 4) is 11.4 Å². The minimum absolute atomic E-state index is 0.340. The molecule has 1 saturated carbocycles. The lowest BCUT2D eigenvalue weighted by molar-refractivity contribution is 0.309. The summed E-state index contributed by atoms with van der Waals surface area (Å²) >= 11 is 5.98. The zero-order valence-electron chi connectivity index (χ0n) is 11.6. The molecule has 2 aliphatic rings. The Morgan fingerprint density at radius 3 is 2.81 bits per heavy atom. The summed E-state index contributed by atoms with van der Waals surface area (Å²) in [6.45, 7) is 2.17. The number of halogens is 1. The van der Waals surface area contributed by atoms with Crippen molar-refractivity contribution in [2.24, 2.45) is 0 Å². The molecule has 21 heavy (non-hydrogen) atoms. The fraction of sp³-hybridized carbons (Fsp3) is 0.500. The first kappa shape index (κ1) is 13.0. The number of hydrogen-bond acceptors (Lipinski definition) is 5. The molecule has 1 atom stereocenters. The molecule has 0 radical (unpaired) electrons. The third-order valence-corrected chi connectivity index (χ3v) is 4.70. The predicted molar refractivity (Wildman–Crippen MR) is 80.9 cm³/mol. The van der Waals surface area contributed by atoms with Gasteiger partial charge in [0.1, 0.15) is 0 Å². The Kier molecular flexibility index (Phi) is 3.08. The van der Waals surface area contributed by atoms with Crippen molar-refractivity contribution >= 4 is 17.3 Å². The third kappa shape index (κ3) is 2.38. The number of rotatable bonds is 3. The van der Waals surface area contributed by atoms with E-state index in [1.54, 1.807) is 6.07 Å². The van der Waals surface area contributed by atoms with Gasteiger partial charge in [0.05, 0.1) is 16.8 Å². The molecule has 2 aromatic rings. The van der Waals surface area contributed by atoms with Gasteiger partial charge in [0.25, 0.3) is 0 Å². The average molecular weight is 305 g/mol. The van der Waals surface area contributed by atoms with E-state index in [1.807, 2.05) is 16.8 Å². The van der Waals surface area contributed by atoms with Gasteiger partial charge in [-0.1, -0.05) is 11.6 Å². The molecule has 1 saturated heterocycles. The Morgan fingerprint density at radius 2 is 2.05 bits per heavy atom. The van der Waals surface area contributed by atoms with Crippen molar-refractivity contribution in [1.82, 2.24) is 25.1 Å². The van der Waals surface area contributed by atoms with Crippen molar-refractivity contribution in [1.29, 1.82) is 0 Å². The maximum absolute atomic E-state index is 5.98. The number of tetrazole rings is 1. The summed E-state index contributed by atoms with van der Waals surface area (Å²) in [5.41, 5.74) is 7.34. The molecule has 110 valence electrons. The summed E-state index contributed by atoms with van der Waals surface area (Å²) in [6, 6.07) is 6.66. The molecule has 0 amide bonds. The number of nitrogens with two attached hydrogens (primary N) is 1. The molecular formula is C14H17ClN6. The SMILES string of the molecule is Nc1cc(-c2nnnn2C2CCN(C3CC3)C2)ccc1Cl. The molecule has 1 unspecified atom stereocenters. The smallest absolute Gasteiger partial charge is 0.182 e. The molecule has 2 N–H and O–H groups in total. The molecule has 1 aromatic heterocycles. The van der Waals surface area contributed by atoms with Crippen LogP contribution in [0.5, 0.6) is 0 Å². The van der Waals surface area contributed by atoms with Gasteiger partial charge >= 0.3 is 0 Å². The molecule has 0 spiro atoms. The van der Waals surface area contributed by atoms with Crippen LogP contribution < -0.4 is 5.73 Å². The monoisotopic (exact) mass is 304 g/mol. The van der Waals surface area contributed by atoms with Crippen LogP contribution >= 0.6 is 11.6 Å². The van der Waals surface area contributed by atoms with Crippen LogP contribution in [0.2, 0.25) is 5.02 Å². The van der Waals surface area contributed by atoms with Crippen LogP contribution in [-0.2, 0) is 0 Å². The summed E-state index contributed by atoms with van der Waals surface area (Å²) in [5, 5.41) is 12.8. The van der Waals surface area contributed by atoms with Gasteiger partial charge in [0, 0.05) is 24.7 Å². The van der Waals surface area contributed by atoms with E-state index in [4.69, 9.17) is 17.3 Å². The Balaban J connectivity index is 1.62. The minimum Gasteiger partial charge on any atom is -0.398 e. The molecule has 2 heterocycles. The van der Waals surface area contributed by atoms with Crippen molar-refractivity contribution < 1.29 is 0 Å². The number of hydrogen-bond donors (Lipinski definition) is 1. The second kappa shape index (κ2) is 4.96. The Morgan fingerprint density at radius 1 is 1.19 bits per heavy atom. The third-order valence-electron chi connectivity index (χ3n) is 4.35. The second-order valence-corrected chi connectivity index (χ2v) is 6.26. The lowest BCUT2D eigenvalue weighted by atomic mass is 10.1. The quantitative estimate of drug-likeness (QED) is 0.878. The van der Waals surface area contributed by atoms with E-state index >= 15 is 0 Å². The van der Waals surface area contributed by atoms with Gasteiger partial charge in [0.2, 0.25) is 0 Å². The van der Waals surface area contributed by atoms with E-state index in [0.717, 1.165) is 36.9 Å². The van der Waals surface area contributed by atoms with E-state index in [-0.39, 0.29) is 0 Å². The normalized spacial score (nSPS) is 22.8. The van der Waals surface area contributed by atoms with Crippen molar-refractivity contribution in [2.75, 3.05) is 18.8 Å². The van der Waals surface area contributed by atoms with E-state index in [1.165, 1.54) is 12.8 Å². The van der Waals surface area contributed by atoms with E-state index < -0.39 is 0 Å². The zero-order valence-corrected chi connectivity index (χ0v) is 12.4. The topological polar surface area (TPSA) is 72.9 Å². The van der Waals surface area contributed by atoms with Gasteiger partial charge in [-0.05, 0) is 47.9 Å². The summed E-state index contributed by atoms with van der Waals surface area (Å²) in [6.07, 6.45) is 3.77. The van der Waals surface area contributed by atoms with Gasteiger partial charge in [-0.25, -0.2) is 4.68 Å². The molecule has 1 aliphatic carbocycles. The predicted octanol–water partition coefficient (Wildman–Crippen LogP) is 1.98. The van der Waals surface area contributed by atoms with Crippen molar-refractivity contribution in [3.05, 3.63) is 23.2 Å². The maximum atomic E-state index is 5.98. The number of aromatic nitrogens is 4. The highest BCUT2D eigenvalue weighted by atomic mass is 35.5. The Hall–Kier alpha value is -1.66. The molecule has 1 aliphatic heterocycles. The lowest BCUT2D eigenvalue weighted by Crippen LogP contribution is -2.24. The molecule has 6 nitrogen and oxygen atoms in total. The average Bonchev–Trinajstić information content (AvgIpc) is 3.03. The van der Waals surface area contributed by atoms with Gasteiger partial charge < -0.3 is 5.73 Å². The molecule has 1 aromatic carbocycles. The van der Waals surface area contributed by atoms with Gasteiger partial charge in [-0.3, -0.25) is 4.90 Å². The summed E-state index contributed by atoms with van der Waals surface area (Å²) < 4.78 is 1.94. The first-order chi connectivity index (χ1) is 10.2. The van der Waals surface area contributed by atoms with E-state index in [2.05, 4.69) is 20.4 Å². The number of likely N-dealkylation sites (tertiary alicyclic amines) is 1. The number of nitrogens with zero attached hydrogens (tertiary/aromatic N) is 5. The lowest BCUT2D eigenvalue weighted by Gasteiger charge is -2.15. The molecule has 4 rings (SSSR count). The van der Waals surface area contributed by atoms with Crippen LogP contribution in [0.1, 0.15) is 25.3 Å². The number of nitrogen functional groups attached to an aromatic ring is 1. The van der Waals surface area contributed by atoms with Gasteiger partial charge in [-0.2, -0.15) is 0 Å². The Bertz CT molecular complexity index is 665. The first-order valence-corrected chi connectivity index (χ1v) is 7.67.